The second-order valence-corrected chi connectivity index (χ2v) is 6.75. The van der Waals surface area contributed by atoms with Crippen LogP contribution in [0, 0.1) is 16.0 Å². The van der Waals surface area contributed by atoms with Gasteiger partial charge in [0.1, 0.15) is 5.75 Å². The first kappa shape index (κ1) is 17.9. The first-order valence-corrected chi connectivity index (χ1v) is 8.84. The number of non-ortho nitro benzene ring substituents is 1. The Hall–Kier alpha value is -2.89. The SMILES string of the molecule is O=C(c1cccc([N+](=O)[O-])c1)N1CCC(CCc2ccc(O)cc2)CC1. The van der Waals surface area contributed by atoms with Gasteiger partial charge in [-0.3, -0.25) is 14.9 Å². The molecule has 0 atom stereocenters. The molecule has 1 N–H and O–H groups in total. The second-order valence-electron chi connectivity index (χ2n) is 6.75. The number of aryl methyl sites for hydroxylation is 1. The standard InChI is InChI=1S/C20H22N2O4/c23-19-8-6-15(7-9-19)4-5-16-10-12-21(13-11-16)20(24)17-2-1-3-18(14-17)22(25)26/h1-3,6-9,14,16,23H,4-5,10-13H2. The van der Waals surface area contributed by atoms with Crippen LogP contribution < -0.4 is 0 Å². The normalized spacial score (nSPS) is 15.0. The number of nitrogens with zero attached hydrogens (tertiary/aromatic N) is 2. The van der Waals surface area contributed by atoms with Crippen molar-refractivity contribution in [1.82, 2.24) is 4.90 Å². The molecule has 2 aromatic rings. The van der Waals surface area contributed by atoms with Gasteiger partial charge in [-0.2, -0.15) is 0 Å². The molecule has 0 spiro atoms. The number of phenols is 1. The molecular formula is C20H22N2O4. The van der Waals surface area contributed by atoms with Crippen molar-refractivity contribution in [1.29, 1.82) is 0 Å². The van der Waals surface area contributed by atoms with Crippen LogP contribution in [0.3, 0.4) is 0 Å². The average Bonchev–Trinajstić information content (AvgIpc) is 2.67. The summed E-state index contributed by atoms with van der Waals surface area (Å²) in [6.45, 7) is 1.36. The number of benzene rings is 2. The number of likely N-dealkylation sites (tertiary alicyclic amines) is 1. The van der Waals surface area contributed by atoms with Gasteiger partial charge in [0.2, 0.25) is 0 Å². The highest BCUT2D eigenvalue weighted by Gasteiger charge is 2.24. The van der Waals surface area contributed by atoms with Crippen LogP contribution in [0.25, 0.3) is 0 Å². The van der Waals surface area contributed by atoms with Gasteiger partial charge in [0.25, 0.3) is 11.6 Å². The molecule has 0 bridgehead atoms. The minimum absolute atomic E-state index is 0.0559. The van der Waals surface area contributed by atoms with Gasteiger partial charge in [-0.05, 0) is 55.4 Å². The summed E-state index contributed by atoms with van der Waals surface area (Å²) in [6, 6.07) is 13.2. The Labute approximate surface area is 152 Å². The van der Waals surface area contributed by atoms with Gasteiger partial charge in [-0.15, -0.1) is 0 Å². The number of nitro groups is 1. The number of piperidine rings is 1. The van der Waals surface area contributed by atoms with Crippen molar-refractivity contribution in [3.05, 3.63) is 69.8 Å². The van der Waals surface area contributed by atoms with Crippen LogP contribution in [0.2, 0.25) is 0 Å². The number of hydrogen-bond donors (Lipinski definition) is 1. The maximum Gasteiger partial charge on any atom is 0.270 e. The average molecular weight is 354 g/mol. The second kappa shape index (κ2) is 7.99. The van der Waals surface area contributed by atoms with E-state index in [0.29, 0.717) is 24.6 Å². The van der Waals surface area contributed by atoms with Crippen LogP contribution in [-0.2, 0) is 6.42 Å². The number of carbonyl (C=O) groups excluding carboxylic acids is 1. The van der Waals surface area contributed by atoms with Crippen molar-refractivity contribution in [2.45, 2.75) is 25.7 Å². The van der Waals surface area contributed by atoms with Gasteiger partial charge in [-0.25, -0.2) is 0 Å². The van der Waals surface area contributed by atoms with E-state index in [9.17, 15) is 20.0 Å². The molecule has 1 aliphatic rings. The van der Waals surface area contributed by atoms with Crippen LogP contribution in [0.15, 0.2) is 48.5 Å². The summed E-state index contributed by atoms with van der Waals surface area (Å²) >= 11 is 0. The Balaban J connectivity index is 1.51. The van der Waals surface area contributed by atoms with Crippen molar-refractivity contribution >= 4 is 11.6 Å². The molecule has 136 valence electrons. The number of phenolic OH excluding ortho intramolecular Hbond substituents is 1. The maximum absolute atomic E-state index is 12.6. The highest BCUT2D eigenvalue weighted by atomic mass is 16.6. The van der Waals surface area contributed by atoms with Gasteiger partial charge < -0.3 is 10.0 Å². The van der Waals surface area contributed by atoms with E-state index < -0.39 is 4.92 Å². The summed E-state index contributed by atoms with van der Waals surface area (Å²) in [6.07, 6.45) is 3.91. The third-order valence-corrected chi connectivity index (χ3v) is 4.98. The molecule has 1 amide bonds. The minimum Gasteiger partial charge on any atom is -0.508 e. The zero-order valence-electron chi connectivity index (χ0n) is 14.5. The Morgan fingerprint density at radius 3 is 2.50 bits per heavy atom. The van der Waals surface area contributed by atoms with Gasteiger partial charge >= 0.3 is 0 Å². The van der Waals surface area contributed by atoms with Crippen LogP contribution in [-0.4, -0.2) is 33.9 Å². The van der Waals surface area contributed by atoms with E-state index >= 15 is 0 Å². The Morgan fingerprint density at radius 1 is 1.15 bits per heavy atom. The summed E-state index contributed by atoms with van der Waals surface area (Å²) in [5.41, 5.74) is 1.53. The number of carbonyl (C=O) groups is 1. The number of rotatable bonds is 5. The van der Waals surface area contributed by atoms with Crippen LogP contribution in [0.4, 0.5) is 5.69 Å². The van der Waals surface area contributed by atoms with E-state index in [-0.39, 0.29) is 17.3 Å². The monoisotopic (exact) mass is 354 g/mol. The van der Waals surface area contributed by atoms with Crippen molar-refractivity contribution < 1.29 is 14.8 Å². The molecule has 0 radical (unpaired) electrons. The van der Waals surface area contributed by atoms with Crippen LogP contribution in [0.1, 0.15) is 35.2 Å². The molecule has 2 aromatic carbocycles. The maximum atomic E-state index is 12.6. The zero-order chi connectivity index (χ0) is 18.5. The first-order valence-electron chi connectivity index (χ1n) is 8.84. The molecule has 26 heavy (non-hydrogen) atoms. The highest BCUT2D eigenvalue weighted by molar-refractivity contribution is 5.94. The van der Waals surface area contributed by atoms with Crippen LogP contribution in [0.5, 0.6) is 5.75 Å². The van der Waals surface area contributed by atoms with Gasteiger partial charge in [-0.1, -0.05) is 18.2 Å². The molecule has 6 heteroatoms. The molecule has 0 saturated carbocycles. The minimum atomic E-state index is -0.480. The molecule has 1 saturated heterocycles. The van der Waals surface area contributed by atoms with Gasteiger partial charge in [0, 0.05) is 30.8 Å². The van der Waals surface area contributed by atoms with E-state index in [1.54, 1.807) is 29.2 Å². The Morgan fingerprint density at radius 2 is 1.85 bits per heavy atom. The first-order chi connectivity index (χ1) is 12.5. The quantitative estimate of drug-likeness (QED) is 0.654. The van der Waals surface area contributed by atoms with Crippen molar-refractivity contribution in [2.75, 3.05) is 13.1 Å². The largest absolute Gasteiger partial charge is 0.508 e. The number of hydrogen-bond acceptors (Lipinski definition) is 4. The smallest absolute Gasteiger partial charge is 0.270 e. The lowest BCUT2D eigenvalue weighted by Gasteiger charge is -2.32. The predicted molar refractivity (Wildman–Crippen MR) is 98.2 cm³/mol. The molecule has 3 rings (SSSR count). The van der Waals surface area contributed by atoms with Crippen molar-refractivity contribution in [2.24, 2.45) is 5.92 Å². The summed E-state index contributed by atoms with van der Waals surface area (Å²) in [5.74, 6) is 0.713. The van der Waals surface area contributed by atoms with Gasteiger partial charge in [0.05, 0.1) is 4.92 Å². The van der Waals surface area contributed by atoms with E-state index in [2.05, 4.69) is 0 Å². The lowest BCUT2D eigenvalue weighted by atomic mass is 9.90. The zero-order valence-corrected chi connectivity index (χ0v) is 14.5. The fourth-order valence-electron chi connectivity index (χ4n) is 3.39. The van der Waals surface area contributed by atoms with E-state index in [0.717, 1.165) is 25.7 Å². The molecule has 0 aliphatic carbocycles. The van der Waals surface area contributed by atoms with Gasteiger partial charge in [0.15, 0.2) is 0 Å². The predicted octanol–water partition coefficient (Wildman–Crippen LogP) is 3.79. The van der Waals surface area contributed by atoms with Crippen LogP contribution >= 0.6 is 0 Å². The van der Waals surface area contributed by atoms with E-state index in [1.807, 2.05) is 12.1 Å². The van der Waals surface area contributed by atoms with E-state index in [4.69, 9.17) is 0 Å². The number of nitro benzene ring substituents is 1. The molecule has 0 aromatic heterocycles. The highest BCUT2D eigenvalue weighted by Crippen LogP contribution is 2.24. The molecule has 1 aliphatic heterocycles. The van der Waals surface area contributed by atoms with Crippen molar-refractivity contribution in [3.63, 3.8) is 0 Å². The molecule has 6 nitrogen and oxygen atoms in total. The third-order valence-electron chi connectivity index (χ3n) is 4.98. The molecule has 1 fully saturated rings. The summed E-state index contributed by atoms with van der Waals surface area (Å²) < 4.78 is 0. The molecule has 1 heterocycles. The molecular weight excluding hydrogens is 332 g/mol. The molecule has 0 unspecified atom stereocenters. The summed E-state index contributed by atoms with van der Waals surface area (Å²) in [4.78, 5) is 24.7. The van der Waals surface area contributed by atoms with Crippen molar-refractivity contribution in [3.8, 4) is 5.75 Å². The Bertz CT molecular complexity index is 781. The lowest BCUT2D eigenvalue weighted by molar-refractivity contribution is -0.384. The summed E-state index contributed by atoms with van der Waals surface area (Å²) in [5, 5.41) is 20.2. The third kappa shape index (κ3) is 4.39. The lowest BCUT2D eigenvalue weighted by Crippen LogP contribution is -2.38. The Kier molecular flexibility index (Phi) is 5.51. The van der Waals surface area contributed by atoms with E-state index in [1.165, 1.54) is 17.7 Å². The number of aromatic hydroxyl groups is 1. The summed E-state index contributed by atoms with van der Waals surface area (Å²) in [7, 11) is 0. The number of amides is 1. The topological polar surface area (TPSA) is 83.7 Å². The fourth-order valence-corrected chi connectivity index (χ4v) is 3.39. The fraction of sp³-hybridized carbons (Fsp3) is 0.350.